The minimum atomic E-state index is -0.607. The van der Waals surface area contributed by atoms with E-state index in [-0.39, 0.29) is 5.92 Å². The Bertz CT molecular complexity index is 291. The molecule has 0 amide bonds. The fourth-order valence-electron chi connectivity index (χ4n) is 3.32. The first kappa shape index (κ1) is 12.9. The maximum absolute atomic E-state index is 11.1. The summed E-state index contributed by atoms with van der Waals surface area (Å²) in [7, 11) is 2.13. The average Bonchev–Trinajstić information content (AvgIpc) is 2.14. The van der Waals surface area contributed by atoms with E-state index in [1.165, 1.54) is 25.7 Å². The average molecular weight is 239 g/mol. The second-order valence-electron chi connectivity index (χ2n) is 6.65. The van der Waals surface area contributed by atoms with Gasteiger partial charge in [0.1, 0.15) is 0 Å². The Morgan fingerprint density at radius 1 is 1.18 bits per heavy atom. The molecule has 0 aromatic carbocycles. The number of aliphatic carboxylic acids is 1. The largest absolute Gasteiger partial charge is 0.481 e. The van der Waals surface area contributed by atoms with E-state index in [1.54, 1.807) is 0 Å². The van der Waals surface area contributed by atoms with Gasteiger partial charge in [0.25, 0.3) is 0 Å². The van der Waals surface area contributed by atoms with Crippen LogP contribution in [0.25, 0.3) is 0 Å². The SMILES string of the molecule is CN(C1CCC(C)(C)CC1)C1CCC1C(=O)O. The van der Waals surface area contributed by atoms with Crippen LogP contribution in [0.3, 0.4) is 0 Å². The highest BCUT2D eigenvalue weighted by Crippen LogP contribution is 2.40. The number of carboxylic acids is 1. The molecule has 3 nitrogen and oxygen atoms in total. The van der Waals surface area contributed by atoms with E-state index in [1.807, 2.05) is 0 Å². The van der Waals surface area contributed by atoms with Gasteiger partial charge < -0.3 is 5.11 Å². The fourth-order valence-corrected chi connectivity index (χ4v) is 3.32. The van der Waals surface area contributed by atoms with Crippen molar-refractivity contribution in [1.29, 1.82) is 0 Å². The molecular formula is C14H25NO2. The normalized spacial score (nSPS) is 33.4. The zero-order chi connectivity index (χ0) is 12.6. The van der Waals surface area contributed by atoms with Crippen LogP contribution in [0.1, 0.15) is 52.4 Å². The zero-order valence-corrected chi connectivity index (χ0v) is 11.3. The van der Waals surface area contributed by atoms with Gasteiger partial charge in [0.2, 0.25) is 0 Å². The molecule has 0 radical (unpaired) electrons. The molecule has 2 rings (SSSR count). The summed E-state index contributed by atoms with van der Waals surface area (Å²) in [5.74, 6) is -0.723. The van der Waals surface area contributed by atoms with Gasteiger partial charge in [-0.1, -0.05) is 13.8 Å². The van der Waals surface area contributed by atoms with Gasteiger partial charge in [0.05, 0.1) is 5.92 Å². The number of hydrogen-bond donors (Lipinski definition) is 1. The number of rotatable bonds is 3. The van der Waals surface area contributed by atoms with Crippen LogP contribution in [-0.2, 0) is 4.79 Å². The van der Waals surface area contributed by atoms with E-state index < -0.39 is 5.97 Å². The number of carbonyl (C=O) groups is 1. The molecule has 0 spiro atoms. The molecule has 0 heterocycles. The standard InChI is InChI=1S/C14H25NO2/c1-14(2)8-6-10(7-9-14)15(3)12-5-4-11(12)13(16)17/h10-12H,4-9H2,1-3H3,(H,16,17). The topological polar surface area (TPSA) is 40.5 Å². The van der Waals surface area contributed by atoms with Crippen molar-refractivity contribution in [3.63, 3.8) is 0 Å². The Morgan fingerprint density at radius 3 is 2.18 bits per heavy atom. The van der Waals surface area contributed by atoms with E-state index in [0.717, 1.165) is 12.8 Å². The third-order valence-corrected chi connectivity index (χ3v) is 4.96. The molecule has 3 heteroatoms. The van der Waals surface area contributed by atoms with Crippen LogP contribution in [0.2, 0.25) is 0 Å². The van der Waals surface area contributed by atoms with Crippen molar-refractivity contribution in [3.05, 3.63) is 0 Å². The molecular weight excluding hydrogens is 214 g/mol. The second-order valence-corrected chi connectivity index (χ2v) is 6.65. The van der Waals surface area contributed by atoms with Crippen molar-refractivity contribution in [2.24, 2.45) is 11.3 Å². The Hall–Kier alpha value is -0.570. The van der Waals surface area contributed by atoms with Crippen LogP contribution in [0.15, 0.2) is 0 Å². The molecule has 2 unspecified atom stereocenters. The maximum atomic E-state index is 11.1. The summed E-state index contributed by atoms with van der Waals surface area (Å²) in [6.45, 7) is 4.68. The van der Waals surface area contributed by atoms with Crippen LogP contribution in [0, 0.1) is 11.3 Å². The molecule has 0 bridgehead atoms. The highest BCUT2D eigenvalue weighted by molar-refractivity contribution is 5.72. The molecule has 2 saturated carbocycles. The van der Waals surface area contributed by atoms with Gasteiger partial charge in [0.15, 0.2) is 0 Å². The monoisotopic (exact) mass is 239 g/mol. The van der Waals surface area contributed by atoms with E-state index in [4.69, 9.17) is 5.11 Å². The summed E-state index contributed by atoms with van der Waals surface area (Å²) in [6, 6.07) is 0.897. The van der Waals surface area contributed by atoms with Crippen molar-refractivity contribution in [1.82, 2.24) is 4.90 Å². The van der Waals surface area contributed by atoms with Crippen molar-refractivity contribution < 1.29 is 9.90 Å². The molecule has 2 aliphatic rings. The summed E-state index contributed by atoms with van der Waals surface area (Å²) >= 11 is 0. The lowest BCUT2D eigenvalue weighted by Crippen LogP contribution is -2.53. The number of hydrogen-bond acceptors (Lipinski definition) is 2. The van der Waals surface area contributed by atoms with Crippen LogP contribution in [0.5, 0.6) is 0 Å². The lowest BCUT2D eigenvalue weighted by Gasteiger charge is -2.47. The van der Waals surface area contributed by atoms with Crippen LogP contribution in [0.4, 0.5) is 0 Å². The summed E-state index contributed by atoms with van der Waals surface area (Å²) in [5.41, 5.74) is 0.489. The van der Waals surface area contributed by atoms with E-state index in [0.29, 0.717) is 17.5 Å². The quantitative estimate of drug-likeness (QED) is 0.823. The van der Waals surface area contributed by atoms with Crippen molar-refractivity contribution in [2.45, 2.75) is 64.5 Å². The van der Waals surface area contributed by atoms with Crippen LogP contribution in [-0.4, -0.2) is 35.1 Å². The van der Waals surface area contributed by atoms with Gasteiger partial charge in [-0.15, -0.1) is 0 Å². The predicted molar refractivity (Wildman–Crippen MR) is 67.9 cm³/mol. The molecule has 0 aromatic heterocycles. The number of nitrogens with zero attached hydrogens (tertiary/aromatic N) is 1. The van der Waals surface area contributed by atoms with Gasteiger partial charge in [-0.2, -0.15) is 0 Å². The van der Waals surface area contributed by atoms with Gasteiger partial charge in [-0.25, -0.2) is 0 Å². The summed E-state index contributed by atoms with van der Waals surface area (Å²) in [6.07, 6.45) is 6.92. The van der Waals surface area contributed by atoms with Gasteiger partial charge in [-0.3, -0.25) is 9.69 Å². The highest BCUT2D eigenvalue weighted by Gasteiger charge is 2.42. The van der Waals surface area contributed by atoms with Gasteiger partial charge >= 0.3 is 5.97 Å². The third kappa shape index (κ3) is 2.65. The molecule has 17 heavy (non-hydrogen) atoms. The molecule has 1 N–H and O–H groups in total. The van der Waals surface area contributed by atoms with E-state index in [9.17, 15) is 4.79 Å². The van der Waals surface area contributed by atoms with Crippen LogP contribution >= 0.6 is 0 Å². The van der Waals surface area contributed by atoms with Crippen molar-refractivity contribution >= 4 is 5.97 Å². The van der Waals surface area contributed by atoms with Crippen molar-refractivity contribution in [3.8, 4) is 0 Å². The minimum Gasteiger partial charge on any atom is -0.481 e. The lowest BCUT2D eigenvalue weighted by molar-refractivity contribution is -0.149. The Morgan fingerprint density at radius 2 is 1.76 bits per heavy atom. The lowest BCUT2D eigenvalue weighted by atomic mass is 9.73. The number of carboxylic acid groups (broad SMARTS) is 1. The first-order valence-corrected chi connectivity index (χ1v) is 6.85. The molecule has 98 valence electrons. The molecule has 2 atom stereocenters. The molecule has 0 saturated heterocycles. The first-order chi connectivity index (χ1) is 7.91. The fraction of sp³-hybridized carbons (Fsp3) is 0.929. The Kier molecular flexibility index (Phi) is 3.48. The second kappa shape index (κ2) is 4.60. The van der Waals surface area contributed by atoms with Gasteiger partial charge in [0, 0.05) is 12.1 Å². The minimum absolute atomic E-state index is 0.116. The van der Waals surface area contributed by atoms with Crippen LogP contribution < -0.4 is 0 Å². The molecule has 0 aliphatic heterocycles. The van der Waals surface area contributed by atoms with E-state index in [2.05, 4.69) is 25.8 Å². The molecule has 0 aromatic rings. The highest BCUT2D eigenvalue weighted by atomic mass is 16.4. The van der Waals surface area contributed by atoms with Crippen molar-refractivity contribution in [2.75, 3.05) is 7.05 Å². The maximum Gasteiger partial charge on any atom is 0.308 e. The predicted octanol–water partition coefficient (Wildman–Crippen LogP) is 2.75. The zero-order valence-electron chi connectivity index (χ0n) is 11.3. The summed E-state index contributed by atoms with van der Waals surface area (Å²) in [5, 5.41) is 9.11. The third-order valence-electron chi connectivity index (χ3n) is 4.96. The molecule has 2 fully saturated rings. The van der Waals surface area contributed by atoms with E-state index >= 15 is 0 Å². The Labute approximate surface area is 104 Å². The summed E-state index contributed by atoms with van der Waals surface area (Å²) < 4.78 is 0. The van der Waals surface area contributed by atoms with Gasteiger partial charge in [-0.05, 0) is 51.0 Å². The summed E-state index contributed by atoms with van der Waals surface area (Å²) in [4.78, 5) is 13.4. The smallest absolute Gasteiger partial charge is 0.308 e. The first-order valence-electron chi connectivity index (χ1n) is 6.85. The Balaban J connectivity index is 1.89. The molecule has 2 aliphatic carbocycles.